The van der Waals surface area contributed by atoms with Gasteiger partial charge in [0.25, 0.3) is 0 Å². The summed E-state index contributed by atoms with van der Waals surface area (Å²) < 4.78 is 5.91. The van der Waals surface area contributed by atoms with Gasteiger partial charge < -0.3 is 10.5 Å². The van der Waals surface area contributed by atoms with Crippen molar-refractivity contribution in [3.63, 3.8) is 0 Å². The van der Waals surface area contributed by atoms with Gasteiger partial charge >= 0.3 is 0 Å². The van der Waals surface area contributed by atoms with Gasteiger partial charge in [0.15, 0.2) is 0 Å². The Morgan fingerprint density at radius 3 is 2.83 bits per heavy atom. The summed E-state index contributed by atoms with van der Waals surface area (Å²) in [6, 6.07) is 0. The first kappa shape index (κ1) is 14.3. The molecule has 3 nitrogen and oxygen atoms in total. The van der Waals surface area contributed by atoms with E-state index in [0.717, 1.165) is 31.9 Å². The van der Waals surface area contributed by atoms with E-state index in [4.69, 9.17) is 10.5 Å². The summed E-state index contributed by atoms with van der Waals surface area (Å²) >= 11 is 0. The van der Waals surface area contributed by atoms with Gasteiger partial charge in [-0.05, 0) is 38.1 Å². The molecule has 2 heterocycles. The van der Waals surface area contributed by atoms with E-state index in [9.17, 15) is 0 Å². The molecule has 3 unspecified atom stereocenters. The van der Waals surface area contributed by atoms with Gasteiger partial charge in [-0.2, -0.15) is 0 Å². The molecule has 0 aromatic heterocycles. The average Bonchev–Trinajstić information content (AvgIpc) is 2.88. The van der Waals surface area contributed by atoms with Crippen molar-refractivity contribution in [3.05, 3.63) is 0 Å². The van der Waals surface area contributed by atoms with E-state index in [2.05, 4.69) is 18.7 Å². The Balaban J connectivity index is 2.01. The van der Waals surface area contributed by atoms with Crippen LogP contribution in [-0.2, 0) is 4.74 Å². The van der Waals surface area contributed by atoms with Gasteiger partial charge in [0.1, 0.15) is 0 Å². The molecule has 0 amide bonds. The lowest BCUT2D eigenvalue weighted by Gasteiger charge is -2.46. The summed E-state index contributed by atoms with van der Waals surface area (Å²) in [5.41, 5.74) is 6.40. The second kappa shape index (κ2) is 6.36. The lowest BCUT2D eigenvalue weighted by molar-refractivity contribution is -0.0685. The molecular formula is C15H30N2O. The molecule has 2 N–H and O–H groups in total. The van der Waals surface area contributed by atoms with Crippen molar-refractivity contribution in [2.75, 3.05) is 26.2 Å². The quantitative estimate of drug-likeness (QED) is 0.819. The maximum absolute atomic E-state index is 6.17. The normalized spacial score (nSPS) is 38.2. The zero-order chi connectivity index (χ0) is 13.0. The number of hydrogen-bond acceptors (Lipinski definition) is 3. The second-order valence-electron chi connectivity index (χ2n) is 6.17. The van der Waals surface area contributed by atoms with Gasteiger partial charge in [-0.15, -0.1) is 0 Å². The summed E-state index contributed by atoms with van der Waals surface area (Å²) in [6.07, 6.45) is 7.78. The van der Waals surface area contributed by atoms with E-state index >= 15 is 0 Å². The number of hydrogen-bond donors (Lipinski definition) is 1. The minimum Gasteiger partial charge on any atom is -0.378 e. The molecule has 106 valence electrons. The lowest BCUT2D eigenvalue weighted by atomic mass is 9.83. The zero-order valence-electron chi connectivity index (χ0n) is 12.2. The van der Waals surface area contributed by atoms with Gasteiger partial charge in [0.05, 0.1) is 6.10 Å². The molecule has 0 saturated carbocycles. The van der Waals surface area contributed by atoms with E-state index in [0.29, 0.717) is 6.10 Å². The molecule has 0 aliphatic carbocycles. The van der Waals surface area contributed by atoms with E-state index in [1.807, 2.05) is 0 Å². The van der Waals surface area contributed by atoms with Gasteiger partial charge in [-0.3, -0.25) is 4.90 Å². The van der Waals surface area contributed by atoms with Crippen LogP contribution >= 0.6 is 0 Å². The summed E-state index contributed by atoms with van der Waals surface area (Å²) in [5, 5.41) is 0. The van der Waals surface area contributed by atoms with Crippen LogP contribution in [0.4, 0.5) is 0 Å². The smallest absolute Gasteiger partial charge is 0.0593 e. The topological polar surface area (TPSA) is 38.5 Å². The Labute approximate surface area is 112 Å². The first-order chi connectivity index (χ1) is 8.74. The van der Waals surface area contributed by atoms with Crippen molar-refractivity contribution in [1.82, 2.24) is 4.90 Å². The molecule has 2 aliphatic heterocycles. The molecule has 0 radical (unpaired) electrons. The number of likely N-dealkylation sites (tertiary alicyclic amines) is 1. The van der Waals surface area contributed by atoms with Crippen LogP contribution in [0.25, 0.3) is 0 Å². The zero-order valence-corrected chi connectivity index (χ0v) is 12.2. The summed E-state index contributed by atoms with van der Waals surface area (Å²) in [6.45, 7) is 8.75. The predicted octanol–water partition coefficient (Wildman–Crippen LogP) is 2.39. The van der Waals surface area contributed by atoms with Crippen LogP contribution in [0.3, 0.4) is 0 Å². The monoisotopic (exact) mass is 254 g/mol. The number of nitrogens with two attached hydrogens (primary N) is 1. The SMILES string of the molecule is CCCC1CC(CN)(N2CCC(CC)C2)CCO1. The van der Waals surface area contributed by atoms with Crippen LogP contribution in [0, 0.1) is 5.92 Å². The lowest BCUT2D eigenvalue weighted by Crippen LogP contribution is -2.57. The first-order valence-corrected chi connectivity index (χ1v) is 7.80. The average molecular weight is 254 g/mol. The molecule has 0 aromatic carbocycles. The molecule has 2 rings (SSSR count). The van der Waals surface area contributed by atoms with E-state index < -0.39 is 0 Å². The Morgan fingerprint density at radius 1 is 1.39 bits per heavy atom. The molecule has 2 saturated heterocycles. The van der Waals surface area contributed by atoms with E-state index in [1.54, 1.807) is 0 Å². The maximum Gasteiger partial charge on any atom is 0.0593 e. The summed E-state index contributed by atoms with van der Waals surface area (Å²) in [7, 11) is 0. The minimum absolute atomic E-state index is 0.238. The molecule has 3 atom stereocenters. The maximum atomic E-state index is 6.17. The van der Waals surface area contributed by atoms with Crippen molar-refractivity contribution in [1.29, 1.82) is 0 Å². The molecule has 2 fully saturated rings. The fourth-order valence-electron chi connectivity index (χ4n) is 3.71. The highest BCUT2D eigenvalue weighted by atomic mass is 16.5. The number of rotatable bonds is 5. The van der Waals surface area contributed by atoms with Gasteiger partial charge in [0, 0.05) is 25.2 Å². The standard InChI is InChI=1S/C15H30N2O/c1-3-5-14-10-15(12-16,7-9-18-14)17-8-6-13(4-2)11-17/h13-14H,3-12,16H2,1-2H3. The molecule has 3 heteroatoms. The van der Waals surface area contributed by atoms with E-state index in [-0.39, 0.29) is 5.54 Å². The third-order valence-corrected chi connectivity index (χ3v) is 5.05. The number of nitrogens with zero attached hydrogens (tertiary/aromatic N) is 1. The van der Waals surface area contributed by atoms with Gasteiger partial charge in [-0.25, -0.2) is 0 Å². The second-order valence-corrected chi connectivity index (χ2v) is 6.17. The number of ether oxygens (including phenoxy) is 1. The molecule has 2 aliphatic rings. The summed E-state index contributed by atoms with van der Waals surface area (Å²) in [5.74, 6) is 0.890. The van der Waals surface area contributed by atoms with Crippen LogP contribution in [0.15, 0.2) is 0 Å². The third kappa shape index (κ3) is 2.89. The van der Waals surface area contributed by atoms with Crippen LogP contribution < -0.4 is 5.73 Å². The van der Waals surface area contributed by atoms with Crippen molar-refractivity contribution in [2.24, 2.45) is 11.7 Å². The fourth-order valence-corrected chi connectivity index (χ4v) is 3.71. The van der Waals surface area contributed by atoms with Crippen molar-refractivity contribution in [2.45, 2.75) is 64.0 Å². The minimum atomic E-state index is 0.238. The Morgan fingerprint density at radius 2 is 2.22 bits per heavy atom. The van der Waals surface area contributed by atoms with Gasteiger partial charge in [0.2, 0.25) is 0 Å². The van der Waals surface area contributed by atoms with Crippen LogP contribution in [-0.4, -0.2) is 42.8 Å². The van der Waals surface area contributed by atoms with Crippen molar-refractivity contribution >= 4 is 0 Å². The van der Waals surface area contributed by atoms with Crippen molar-refractivity contribution < 1.29 is 4.74 Å². The highest BCUT2D eigenvalue weighted by Crippen LogP contribution is 2.36. The van der Waals surface area contributed by atoms with Crippen LogP contribution in [0.2, 0.25) is 0 Å². The Hall–Kier alpha value is -0.120. The van der Waals surface area contributed by atoms with Crippen LogP contribution in [0.1, 0.15) is 52.4 Å². The van der Waals surface area contributed by atoms with E-state index in [1.165, 1.54) is 38.8 Å². The molecule has 18 heavy (non-hydrogen) atoms. The van der Waals surface area contributed by atoms with Gasteiger partial charge in [-0.1, -0.05) is 26.7 Å². The highest BCUT2D eigenvalue weighted by Gasteiger charge is 2.42. The molecule has 0 bridgehead atoms. The third-order valence-electron chi connectivity index (χ3n) is 5.05. The van der Waals surface area contributed by atoms with Crippen LogP contribution in [0.5, 0.6) is 0 Å². The molecule has 0 aromatic rings. The predicted molar refractivity (Wildman–Crippen MR) is 75.6 cm³/mol. The molecule has 0 spiro atoms. The molecular weight excluding hydrogens is 224 g/mol. The first-order valence-electron chi connectivity index (χ1n) is 7.80. The Kier molecular flexibility index (Phi) is 5.05. The summed E-state index contributed by atoms with van der Waals surface area (Å²) in [4.78, 5) is 2.69. The fraction of sp³-hybridized carbons (Fsp3) is 1.00. The Bertz CT molecular complexity index is 257. The largest absolute Gasteiger partial charge is 0.378 e. The highest BCUT2D eigenvalue weighted by molar-refractivity contribution is 4.99. The van der Waals surface area contributed by atoms with Crippen molar-refractivity contribution in [3.8, 4) is 0 Å².